The fourth-order valence-electron chi connectivity index (χ4n) is 2.44. The van der Waals surface area contributed by atoms with E-state index in [9.17, 15) is 21.6 Å². The number of nitrogens with one attached hydrogen (secondary N) is 2. The summed E-state index contributed by atoms with van der Waals surface area (Å²) in [4.78, 5) is 12.0. The smallest absolute Gasteiger partial charge is 0.261 e. The number of carbonyl (C=O) groups is 1. The van der Waals surface area contributed by atoms with Gasteiger partial charge in [0.2, 0.25) is 10.0 Å². The lowest BCUT2D eigenvalue weighted by molar-refractivity contribution is 0.102. The summed E-state index contributed by atoms with van der Waals surface area (Å²) >= 11 is 0. The standard InChI is InChI=1S/C19H17N3O5S2/c20-28(24,25)17-10-8-16(9-11-17)22-29(26,27)18-12-6-15(7-13-18)21-19(23)14-4-2-1-3-5-14/h1-13,22H,(H,21,23)(H2,20,24,25). The van der Waals surface area contributed by atoms with Crippen molar-refractivity contribution in [3.63, 3.8) is 0 Å². The lowest BCUT2D eigenvalue weighted by Crippen LogP contribution is -2.15. The second kappa shape index (κ2) is 8.03. The molecule has 29 heavy (non-hydrogen) atoms. The first kappa shape index (κ1) is 20.5. The van der Waals surface area contributed by atoms with Gasteiger partial charge in [-0.15, -0.1) is 0 Å². The van der Waals surface area contributed by atoms with Gasteiger partial charge in [-0.2, -0.15) is 0 Å². The Morgan fingerprint density at radius 2 is 1.21 bits per heavy atom. The van der Waals surface area contributed by atoms with Gasteiger partial charge in [0.15, 0.2) is 0 Å². The minimum absolute atomic E-state index is 0.0225. The predicted octanol–water partition coefficient (Wildman–Crippen LogP) is 2.39. The molecular formula is C19H17N3O5S2. The Morgan fingerprint density at radius 1 is 0.690 bits per heavy atom. The van der Waals surface area contributed by atoms with Crippen LogP contribution in [0.1, 0.15) is 10.4 Å². The van der Waals surface area contributed by atoms with Crippen LogP contribution in [0, 0.1) is 0 Å². The second-order valence-electron chi connectivity index (χ2n) is 6.02. The van der Waals surface area contributed by atoms with Gasteiger partial charge in [0.1, 0.15) is 0 Å². The minimum atomic E-state index is -3.90. The third-order valence-electron chi connectivity index (χ3n) is 3.89. The molecule has 150 valence electrons. The van der Waals surface area contributed by atoms with Gasteiger partial charge in [0.05, 0.1) is 9.79 Å². The zero-order valence-corrected chi connectivity index (χ0v) is 16.6. The third-order valence-corrected chi connectivity index (χ3v) is 6.22. The fraction of sp³-hybridized carbons (Fsp3) is 0. The first-order valence-corrected chi connectivity index (χ1v) is 11.3. The van der Waals surface area contributed by atoms with E-state index in [4.69, 9.17) is 5.14 Å². The predicted molar refractivity (Wildman–Crippen MR) is 109 cm³/mol. The van der Waals surface area contributed by atoms with Gasteiger partial charge in [-0.05, 0) is 60.7 Å². The number of nitrogens with two attached hydrogens (primary N) is 1. The van der Waals surface area contributed by atoms with Crippen molar-refractivity contribution < 1.29 is 21.6 Å². The van der Waals surface area contributed by atoms with E-state index in [1.165, 1.54) is 48.5 Å². The molecule has 0 unspecified atom stereocenters. The molecule has 3 rings (SSSR count). The van der Waals surface area contributed by atoms with E-state index in [2.05, 4.69) is 10.0 Å². The van der Waals surface area contributed by atoms with Crippen LogP contribution < -0.4 is 15.2 Å². The molecule has 10 heteroatoms. The van der Waals surface area contributed by atoms with E-state index in [0.29, 0.717) is 11.3 Å². The lowest BCUT2D eigenvalue weighted by atomic mass is 10.2. The summed E-state index contributed by atoms with van der Waals surface area (Å²) in [7, 11) is -7.76. The molecule has 0 spiro atoms. The van der Waals surface area contributed by atoms with Gasteiger partial charge in [0, 0.05) is 16.9 Å². The van der Waals surface area contributed by atoms with Crippen molar-refractivity contribution in [3.05, 3.63) is 84.4 Å². The van der Waals surface area contributed by atoms with Crippen molar-refractivity contribution in [1.82, 2.24) is 0 Å². The van der Waals surface area contributed by atoms with Crippen molar-refractivity contribution >= 4 is 37.3 Å². The SMILES string of the molecule is NS(=O)(=O)c1ccc(NS(=O)(=O)c2ccc(NC(=O)c3ccccc3)cc2)cc1. The molecule has 0 saturated carbocycles. The average molecular weight is 431 g/mol. The van der Waals surface area contributed by atoms with Gasteiger partial charge in [-0.1, -0.05) is 18.2 Å². The molecule has 0 aromatic heterocycles. The van der Waals surface area contributed by atoms with Gasteiger partial charge < -0.3 is 5.32 Å². The van der Waals surface area contributed by atoms with Crippen LogP contribution in [0.5, 0.6) is 0 Å². The minimum Gasteiger partial charge on any atom is -0.322 e. The Bertz CT molecular complexity index is 1220. The third kappa shape index (κ3) is 5.19. The highest BCUT2D eigenvalue weighted by Crippen LogP contribution is 2.20. The number of primary sulfonamides is 1. The van der Waals surface area contributed by atoms with Crippen LogP contribution in [0.15, 0.2) is 88.7 Å². The van der Waals surface area contributed by atoms with Crippen molar-refractivity contribution in [2.75, 3.05) is 10.0 Å². The Hall–Kier alpha value is -3.21. The van der Waals surface area contributed by atoms with E-state index in [0.717, 1.165) is 0 Å². The molecule has 0 saturated heterocycles. The average Bonchev–Trinajstić information content (AvgIpc) is 2.68. The van der Waals surface area contributed by atoms with Gasteiger partial charge in [-0.25, -0.2) is 22.0 Å². The van der Waals surface area contributed by atoms with Crippen LogP contribution in [0.25, 0.3) is 0 Å². The number of amides is 1. The summed E-state index contributed by atoms with van der Waals surface area (Å²) in [5.74, 6) is -0.311. The highest BCUT2D eigenvalue weighted by molar-refractivity contribution is 7.92. The number of benzene rings is 3. The number of sulfonamides is 2. The molecule has 0 aliphatic rings. The maximum Gasteiger partial charge on any atom is 0.261 e. The van der Waals surface area contributed by atoms with E-state index < -0.39 is 20.0 Å². The summed E-state index contributed by atoms with van der Waals surface area (Å²) in [5.41, 5.74) is 1.10. The number of rotatable bonds is 6. The second-order valence-corrected chi connectivity index (χ2v) is 9.26. The zero-order valence-electron chi connectivity index (χ0n) is 14.9. The fourth-order valence-corrected chi connectivity index (χ4v) is 4.01. The van der Waals surface area contributed by atoms with E-state index >= 15 is 0 Å². The van der Waals surface area contributed by atoms with Crippen LogP contribution >= 0.6 is 0 Å². The molecule has 1 amide bonds. The molecule has 0 atom stereocenters. The molecule has 0 radical (unpaired) electrons. The maximum atomic E-state index is 12.5. The summed E-state index contributed by atoms with van der Waals surface area (Å²) in [6.45, 7) is 0. The quantitative estimate of drug-likeness (QED) is 0.551. The Labute approximate surface area is 168 Å². The molecule has 3 aromatic carbocycles. The molecule has 3 aromatic rings. The number of anilines is 2. The van der Waals surface area contributed by atoms with Crippen molar-refractivity contribution in [2.45, 2.75) is 9.79 Å². The highest BCUT2D eigenvalue weighted by atomic mass is 32.2. The normalized spacial score (nSPS) is 11.6. The summed E-state index contributed by atoms with van der Waals surface area (Å²) in [6, 6.07) is 19.3. The molecule has 0 aliphatic heterocycles. The lowest BCUT2D eigenvalue weighted by Gasteiger charge is -2.10. The highest BCUT2D eigenvalue weighted by Gasteiger charge is 2.15. The summed E-state index contributed by atoms with van der Waals surface area (Å²) in [5, 5.41) is 7.70. The number of carbonyl (C=O) groups excluding carboxylic acids is 1. The van der Waals surface area contributed by atoms with Crippen molar-refractivity contribution in [2.24, 2.45) is 5.14 Å². The maximum absolute atomic E-state index is 12.5. The van der Waals surface area contributed by atoms with Crippen LogP contribution in [0.3, 0.4) is 0 Å². The Balaban J connectivity index is 1.72. The van der Waals surface area contributed by atoms with E-state index in [1.807, 2.05) is 0 Å². The zero-order chi connectivity index (χ0) is 21.1. The van der Waals surface area contributed by atoms with Gasteiger partial charge in [0.25, 0.3) is 15.9 Å². The summed E-state index contributed by atoms with van der Waals surface area (Å²) < 4.78 is 49.9. The Kier molecular flexibility index (Phi) is 5.69. The van der Waals surface area contributed by atoms with Crippen molar-refractivity contribution in [3.8, 4) is 0 Å². The van der Waals surface area contributed by atoms with E-state index in [-0.39, 0.29) is 21.4 Å². The van der Waals surface area contributed by atoms with E-state index in [1.54, 1.807) is 30.3 Å². The largest absolute Gasteiger partial charge is 0.322 e. The molecular weight excluding hydrogens is 414 g/mol. The summed E-state index contributed by atoms with van der Waals surface area (Å²) in [6.07, 6.45) is 0. The topological polar surface area (TPSA) is 135 Å². The molecule has 0 fully saturated rings. The molecule has 0 bridgehead atoms. The first-order valence-electron chi connectivity index (χ1n) is 8.27. The van der Waals surface area contributed by atoms with Gasteiger partial charge in [-0.3, -0.25) is 9.52 Å². The van der Waals surface area contributed by atoms with Crippen LogP contribution in [-0.2, 0) is 20.0 Å². The molecule has 4 N–H and O–H groups in total. The van der Waals surface area contributed by atoms with Crippen LogP contribution in [-0.4, -0.2) is 22.7 Å². The van der Waals surface area contributed by atoms with Crippen LogP contribution in [0.2, 0.25) is 0 Å². The van der Waals surface area contributed by atoms with Crippen molar-refractivity contribution in [1.29, 1.82) is 0 Å². The van der Waals surface area contributed by atoms with Gasteiger partial charge >= 0.3 is 0 Å². The number of hydrogen-bond acceptors (Lipinski definition) is 5. The van der Waals surface area contributed by atoms with Crippen LogP contribution in [0.4, 0.5) is 11.4 Å². The Morgan fingerprint density at radius 3 is 1.76 bits per heavy atom. The monoisotopic (exact) mass is 431 g/mol. The molecule has 0 heterocycles. The molecule has 0 aliphatic carbocycles. The number of hydrogen-bond donors (Lipinski definition) is 3. The molecule has 8 nitrogen and oxygen atoms in total. The first-order chi connectivity index (χ1) is 13.6.